The molecule has 0 fully saturated rings. The second-order valence-corrected chi connectivity index (χ2v) is 11.5. The average Bonchev–Trinajstić information content (AvgIpc) is 2.35. The smallest absolute Gasteiger partial charge is 0.105 e. The van der Waals surface area contributed by atoms with Gasteiger partial charge in [0.2, 0.25) is 0 Å². The van der Waals surface area contributed by atoms with Crippen LogP contribution in [0.15, 0.2) is 0 Å². The molecule has 0 atom stereocenters. The van der Waals surface area contributed by atoms with Crippen LogP contribution >= 0.6 is 139 Å². The molecule has 0 bridgehead atoms. The van der Waals surface area contributed by atoms with Crippen LogP contribution in [0, 0.1) is 10.8 Å². The van der Waals surface area contributed by atoms with Crippen LogP contribution in [0.4, 0.5) is 0 Å². The Hall–Kier alpha value is 3.48. The second kappa shape index (κ2) is 11.5. The number of hydrogen-bond acceptors (Lipinski definition) is 0. The van der Waals surface area contributed by atoms with E-state index in [4.69, 9.17) is 139 Å². The third-order valence-corrected chi connectivity index (χ3v) is 8.53. The highest BCUT2D eigenvalue weighted by Gasteiger charge is 2.51. The van der Waals surface area contributed by atoms with Crippen molar-refractivity contribution in [2.75, 3.05) is 0 Å². The Bertz CT molecular complexity index is 264. The Morgan fingerprint density at radius 2 is 0.565 bits per heavy atom. The first kappa shape index (κ1) is 26.5. The van der Waals surface area contributed by atoms with E-state index >= 15 is 0 Å². The molecule has 0 spiro atoms. The summed E-state index contributed by atoms with van der Waals surface area (Å²) in [6, 6.07) is 0. The predicted octanol–water partition coefficient (Wildman–Crippen LogP) is 8.95. The molecule has 0 aliphatic carbocycles. The van der Waals surface area contributed by atoms with E-state index in [2.05, 4.69) is 0 Å². The fraction of sp³-hybridized carbons (Fsp3) is 1.00. The number of alkyl halides is 12. The molecule has 0 aromatic rings. The monoisotopic (exact) mass is 564 g/mol. The number of halogens is 12. The summed E-state index contributed by atoms with van der Waals surface area (Å²) in [7, 11) is 0. The van der Waals surface area contributed by atoms with Crippen molar-refractivity contribution < 1.29 is 0 Å². The summed E-state index contributed by atoms with van der Waals surface area (Å²) in [6.45, 7) is 0. The summed E-state index contributed by atoms with van der Waals surface area (Å²) in [5, 5.41) is 0. The first-order valence-corrected chi connectivity index (χ1v) is 11.3. The average molecular weight is 570 g/mol. The fourth-order valence-electron chi connectivity index (χ4n) is 1.93. The van der Waals surface area contributed by atoms with Gasteiger partial charge in [-0.05, 0) is 12.8 Å². The topological polar surface area (TPSA) is 0 Å². The van der Waals surface area contributed by atoms with E-state index in [0.717, 1.165) is 0 Å². The van der Waals surface area contributed by atoms with Crippen LogP contribution in [0.2, 0.25) is 0 Å². The van der Waals surface area contributed by atoms with E-state index in [0.29, 0.717) is 6.42 Å². The minimum absolute atomic E-state index is 0.239. The van der Waals surface area contributed by atoms with Crippen molar-refractivity contribution in [1.82, 2.24) is 0 Å². The lowest BCUT2D eigenvalue weighted by Gasteiger charge is -2.41. The maximum atomic E-state index is 6.00. The third kappa shape index (κ3) is 6.23. The highest BCUT2D eigenvalue weighted by Crippen LogP contribution is 2.53. The molecule has 0 N–H and O–H groups in total. The zero-order valence-electron chi connectivity index (χ0n) is 11.1. The molecule has 0 aromatic carbocycles. The van der Waals surface area contributed by atoms with Gasteiger partial charge < -0.3 is 0 Å². The normalized spacial score (nSPS) is 14.3. The van der Waals surface area contributed by atoms with E-state index in [1.165, 1.54) is 0 Å². The van der Waals surface area contributed by atoms with Crippen molar-refractivity contribution in [3.05, 3.63) is 0 Å². The molecule has 12 heteroatoms. The molecule has 0 rings (SSSR count). The molecule has 0 nitrogen and oxygen atoms in total. The van der Waals surface area contributed by atoms with E-state index in [1.807, 2.05) is 0 Å². The summed E-state index contributed by atoms with van der Waals surface area (Å²) >= 11 is 72.0. The van der Waals surface area contributed by atoms with Gasteiger partial charge in [-0.15, -0.1) is 139 Å². The summed E-state index contributed by atoms with van der Waals surface area (Å²) < 4.78 is 0. The van der Waals surface area contributed by atoms with Gasteiger partial charge in [-0.2, -0.15) is 0 Å². The van der Waals surface area contributed by atoms with Crippen molar-refractivity contribution in [2.45, 2.75) is 48.3 Å². The van der Waals surface area contributed by atoms with Gasteiger partial charge in [-0.25, -0.2) is 0 Å². The molecule has 0 aromatic heterocycles. The Morgan fingerprint density at radius 1 is 0.391 bits per heavy atom. The molecule has 0 aliphatic rings. The van der Waals surface area contributed by atoms with Crippen LogP contribution in [0.5, 0.6) is 0 Å². The molecule has 0 amide bonds. The minimum atomic E-state index is -1.18. The minimum Gasteiger partial charge on any atom is -0.105 e. The molecule has 23 heavy (non-hydrogen) atoms. The van der Waals surface area contributed by atoms with Gasteiger partial charge in [-0.1, -0.05) is 6.42 Å². The first-order chi connectivity index (χ1) is 10.4. The van der Waals surface area contributed by atoms with Gasteiger partial charge in [0, 0.05) is 0 Å². The highest BCUT2D eigenvalue weighted by atomic mass is 35.6. The molecule has 0 radical (unpaired) electrons. The van der Waals surface area contributed by atoms with E-state index < -0.39 is 39.8 Å². The van der Waals surface area contributed by atoms with Gasteiger partial charge in [-0.3, -0.25) is 0 Å². The molecule has 0 saturated heterocycles. The van der Waals surface area contributed by atoms with Crippen molar-refractivity contribution in [3.63, 3.8) is 0 Å². The van der Waals surface area contributed by atoms with Gasteiger partial charge in [0.1, 0.15) is 29.0 Å². The lowest BCUT2D eigenvalue weighted by Crippen LogP contribution is -2.44. The lowest BCUT2D eigenvalue weighted by atomic mass is 9.82. The molecule has 0 unspecified atom stereocenters. The molecule has 0 saturated carbocycles. The summed E-state index contributed by atoms with van der Waals surface area (Å²) in [5.74, 6) is 0. The van der Waals surface area contributed by atoms with Gasteiger partial charge in [0.15, 0.2) is 0 Å². The predicted molar refractivity (Wildman–Crippen MR) is 112 cm³/mol. The first-order valence-electron chi connectivity index (χ1n) is 6.06. The van der Waals surface area contributed by atoms with Crippen LogP contribution in [-0.4, -0.2) is 29.0 Å². The summed E-state index contributed by atoms with van der Waals surface area (Å²) in [5.41, 5.74) is -2.37. The Labute approximate surface area is 196 Å². The Kier molecular flexibility index (Phi) is 13.2. The standard InChI is InChI=1S/C11H12Cl12/c12-4(13)10(5(14)15,6(16)17)2-1-3-11(7(18)19,8(20)21)9(22)23/h4-9H,1-3H2. The Balaban J connectivity index is 5.33. The van der Waals surface area contributed by atoms with Gasteiger partial charge in [0.25, 0.3) is 0 Å². The maximum Gasteiger partial charge on any atom is 0.118 e. The summed E-state index contributed by atoms with van der Waals surface area (Å²) in [4.78, 5) is -6.14. The largest absolute Gasteiger partial charge is 0.118 e. The zero-order chi connectivity index (χ0) is 18.6. The highest BCUT2D eigenvalue weighted by molar-refractivity contribution is 6.54. The van der Waals surface area contributed by atoms with Crippen LogP contribution in [0.1, 0.15) is 19.3 Å². The molecule has 0 aliphatic heterocycles. The fourth-order valence-corrected chi connectivity index (χ4v) is 7.81. The number of rotatable bonds is 10. The SMILES string of the molecule is ClC(Cl)C(CCCC(C(Cl)Cl)(C(Cl)Cl)C(Cl)Cl)(C(Cl)Cl)C(Cl)Cl. The van der Waals surface area contributed by atoms with Crippen molar-refractivity contribution in [1.29, 1.82) is 0 Å². The lowest BCUT2D eigenvalue weighted by molar-refractivity contribution is 0.267. The Morgan fingerprint density at radius 3 is 0.696 bits per heavy atom. The second-order valence-electron chi connectivity index (χ2n) is 4.88. The molecule has 0 heterocycles. The maximum absolute atomic E-state index is 6.00. The van der Waals surface area contributed by atoms with E-state index in [9.17, 15) is 0 Å². The van der Waals surface area contributed by atoms with Crippen LogP contribution < -0.4 is 0 Å². The molecular weight excluding hydrogens is 558 g/mol. The quantitative estimate of drug-likeness (QED) is 0.231. The van der Waals surface area contributed by atoms with Crippen LogP contribution in [0.25, 0.3) is 0 Å². The molecule has 140 valence electrons. The van der Waals surface area contributed by atoms with Gasteiger partial charge >= 0.3 is 0 Å². The summed E-state index contributed by atoms with van der Waals surface area (Å²) in [6.07, 6.45) is 0.843. The van der Waals surface area contributed by atoms with Gasteiger partial charge in [0.05, 0.1) is 10.8 Å². The van der Waals surface area contributed by atoms with Crippen molar-refractivity contribution in [2.24, 2.45) is 10.8 Å². The zero-order valence-corrected chi connectivity index (χ0v) is 20.2. The van der Waals surface area contributed by atoms with Crippen molar-refractivity contribution in [3.8, 4) is 0 Å². The third-order valence-electron chi connectivity index (χ3n) is 3.66. The van der Waals surface area contributed by atoms with Crippen molar-refractivity contribution >= 4 is 139 Å². The van der Waals surface area contributed by atoms with Crippen LogP contribution in [0.3, 0.4) is 0 Å². The van der Waals surface area contributed by atoms with E-state index in [-0.39, 0.29) is 12.8 Å². The molecular formula is C11H12Cl12. The van der Waals surface area contributed by atoms with Crippen LogP contribution in [-0.2, 0) is 0 Å². The number of hydrogen-bond donors (Lipinski definition) is 0. The van der Waals surface area contributed by atoms with E-state index in [1.54, 1.807) is 0 Å².